The number of benzene rings is 2. The highest BCUT2D eigenvalue weighted by molar-refractivity contribution is 5.96. The standard InChI is InChI=1S/C22H26N4O4/c1-15(27)26-12-9-16-13-17(3-8-20(16)26)24-22(29)14-25(11-10-21(23)28)18-4-6-19(30-2)7-5-18/h3-8,13H,9-12,14H2,1-2H3,(H2,23,28)(H,24,29). The minimum atomic E-state index is -0.428. The van der Waals surface area contributed by atoms with Gasteiger partial charge in [-0.15, -0.1) is 0 Å². The van der Waals surface area contributed by atoms with E-state index in [0.29, 0.717) is 24.5 Å². The summed E-state index contributed by atoms with van der Waals surface area (Å²) in [6.07, 6.45) is 0.897. The lowest BCUT2D eigenvalue weighted by Crippen LogP contribution is -2.35. The fourth-order valence-electron chi connectivity index (χ4n) is 3.52. The van der Waals surface area contributed by atoms with Crippen LogP contribution >= 0.6 is 0 Å². The maximum atomic E-state index is 12.7. The number of nitrogens with zero attached hydrogens (tertiary/aromatic N) is 2. The summed E-state index contributed by atoms with van der Waals surface area (Å²) in [4.78, 5) is 39.1. The third-order valence-electron chi connectivity index (χ3n) is 5.04. The largest absolute Gasteiger partial charge is 0.497 e. The predicted octanol–water partition coefficient (Wildman–Crippen LogP) is 1.92. The van der Waals surface area contributed by atoms with Crippen molar-refractivity contribution < 1.29 is 19.1 Å². The minimum Gasteiger partial charge on any atom is -0.497 e. The second-order valence-corrected chi connectivity index (χ2v) is 7.15. The number of fused-ring (bicyclic) bond motifs is 1. The lowest BCUT2D eigenvalue weighted by atomic mass is 10.1. The van der Waals surface area contributed by atoms with Crippen LogP contribution in [0.4, 0.5) is 17.1 Å². The number of carbonyl (C=O) groups is 3. The molecule has 0 saturated carbocycles. The highest BCUT2D eigenvalue weighted by Gasteiger charge is 2.22. The Bertz CT molecular complexity index is 943. The normalized spacial score (nSPS) is 12.3. The van der Waals surface area contributed by atoms with E-state index in [4.69, 9.17) is 10.5 Å². The summed E-state index contributed by atoms with van der Waals surface area (Å²) in [5.74, 6) is 0.0742. The molecule has 0 unspecified atom stereocenters. The van der Waals surface area contributed by atoms with Crippen LogP contribution in [0.3, 0.4) is 0 Å². The number of rotatable bonds is 8. The smallest absolute Gasteiger partial charge is 0.243 e. The number of carbonyl (C=O) groups excluding carboxylic acids is 3. The van der Waals surface area contributed by atoms with Gasteiger partial charge >= 0.3 is 0 Å². The zero-order valence-electron chi connectivity index (χ0n) is 17.2. The van der Waals surface area contributed by atoms with Gasteiger partial charge in [0.05, 0.1) is 13.7 Å². The summed E-state index contributed by atoms with van der Waals surface area (Å²) >= 11 is 0. The average Bonchev–Trinajstić information content (AvgIpc) is 3.14. The van der Waals surface area contributed by atoms with Crippen molar-refractivity contribution in [1.82, 2.24) is 0 Å². The van der Waals surface area contributed by atoms with Gasteiger partial charge in [0, 0.05) is 43.5 Å². The quantitative estimate of drug-likeness (QED) is 0.692. The summed E-state index contributed by atoms with van der Waals surface area (Å²) in [7, 11) is 1.58. The van der Waals surface area contributed by atoms with E-state index in [1.165, 1.54) is 0 Å². The monoisotopic (exact) mass is 410 g/mol. The Morgan fingerprint density at radius 3 is 2.53 bits per heavy atom. The molecule has 0 saturated heterocycles. The van der Waals surface area contributed by atoms with Gasteiger partial charge in [-0.25, -0.2) is 0 Å². The van der Waals surface area contributed by atoms with Gasteiger partial charge in [0.1, 0.15) is 5.75 Å². The number of hydrogen-bond donors (Lipinski definition) is 2. The highest BCUT2D eigenvalue weighted by atomic mass is 16.5. The SMILES string of the molecule is COc1ccc(N(CCC(N)=O)CC(=O)Nc2ccc3c(c2)CCN3C(C)=O)cc1. The Morgan fingerprint density at radius 2 is 1.90 bits per heavy atom. The van der Waals surface area contributed by atoms with Crippen molar-refractivity contribution >= 4 is 34.8 Å². The highest BCUT2D eigenvalue weighted by Crippen LogP contribution is 2.30. The second-order valence-electron chi connectivity index (χ2n) is 7.15. The Balaban J connectivity index is 1.69. The number of methoxy groups -OCH3 is 1. The van der Waals surface area contributed by atoms with E-state index in [9.17, 15) is 14.4 Å². The molecule has 158 valence electrons. The van der Waals surface area contributed by atoms with Gasteiger partial charge in [-0.3, -0.25) is 14.4 Å². The molecular weight excluding hydrogens is 384 g/mol. The van der Waals surface area contributed by atoms with Crippen molar-refractivity contribution in [1.29, 1.82) is 0 Å². The summed E-state index contributed by atoms with van der Waals surface area (Å²) in [5, 5.41) is 2.90. The number of hydrogen-bond acceptors (Lipinski definition) is 5. The number of anilines is 3. The van der Waals surface area contributed by atoms with Crippen LogP contribution in [0.1, 0.15) is 18.9 Å². The van der Waals surface area contributed by atoms with Gasteiger partial charge in [-0.1, -0.05) is 0 Å². The molecule has 2 aromatic carbocycles. The first-order valence-electron chi connectivity index (χ1n) is 9.75. The van der Waals surface area contributed by atoms with Crippen LogP contribution in [0, 0.1) is 0 Å². The average molecular weight is 410 g/mol. The number of nitrogens with one attached hydrogen (secondary N) is 1. The topological polar surface area (TPSA) is 105 Å². The van der Waals surface area contributed by atoms with Gasteiger partial charge < -0.3 is 25.6 Å². The molecule has 1 aliphatic heterocycles. The van der Waals surface area contributed by atoms with E-state index in [-0.39, 0.29) is 24.8 Å². The van der Waals surface area contributed by atoms with E-state index in [1.807, 2.05) is 24.3 Å². The lowest BCUT2D eigenvalue weighted by Gasteiger charge is -2.24. The number of nitrogens with two attached hydrogens (primary N) is 1. The Morgan fingerprint density at radius 1 is 1.17 bits per heavy atom. The third kappa shape index (κ3) is 5.08. The Hall–Kier alpha value is -3.55. The van der Waals surface area contributed by atoms with E-state index in [1.54, 1.807) is 42.0 Å². The maximum Gasteiger partial charge on any atom is 0.243 e. The van der Waals surface area contributed by atoms with Crippen LogP contribution in [-0.2, 0) is 20.8 Å². The molecule has 3 amide bonds. The van der Waals surface area contributed by atoms with Gasteiger partial charge in [0.15, 0.2) is 0 Å². The maximum absolute atomic E-state index is 12.7. The molecule has 0 atom stereocenters. The van der Waals surface area contributed by atoms with Crippen LogP contribution in [0.2, 0.25) is 0 Å². The molecular formula is C22H26N4O4. The van der Waals surface area contributed by atoms with Crippen LogP contribution in [0.5, 0.6) is 5.75 Å². The summed E-state index contributed by atoms with van der Waals surface area (Å²) in [6.45, 7) is 2.59. The molecule has 8 nitrogen and oxygen atoms in total. The van der Waals surface area contributed by atoms with E-state index in [0.717, 1.165) is 23.4 Å². The number of amides is 3. The fraction of sp³-hybridized carbons (Fsp3) is 0.318. The molecule has 8 heteroatoms. The Labute approximate surface area is 175 Å². The van der Waals surface area contributed by atoms with Crippen molar-refractivity contribution in [2.75, 3.05) is 41.9 Å². The molecule has 3 rings (SSSR count). The summed E-state index contributed by atoms with van der Waals surface area (Å²) in [6, 6.07) is 12.8. The number of primary amides is 1. The van der Waals surface area contributed by atoms with Crippen LogP contribution in [-0.4, -0.2) is 44.5 Å². The predicted molar refractivity (Wildman–Crippen MR) is 116 cm³/mol. The molecule has 30 heavy (non-hydrogen) atoms. The first-order chi connectivity index (χ1) is 14.4. The molecule has 0 bridgehead atoms. The number of ether oxygens (including phenoxy) is 1. The molecule has 0 spiro atoms. The van der Waals surface area contributed by atoms with Gasteiger partial charge in [0.2, 0.25) is 17.7 Å². The van der Waals surface area contributed by atoms with Crippen molar-refractivity contribution in [2.45, 2.75) is 19.8 Å². The molecule has 0 aromatic heterocycles. The van der Waals surface area contributed by atoms with Gasteiger partial charge in [-0.2, -0.15) is 0 Å². The molecule has 3 N–H and O–H groups in total. The first kappa shape index (κ1) is 21.2. The van der Waals surface area contributed by atoms with E-state index >= 15 is 0 Å². The van der Waals surface area contributed by atoms with Gasteiger partial charge in [0.25, 0.3) is 0 Å². The van der Waals surface area contributed by atoms with Crippen molar-refractivity contribution in [3.05, 3.63) is 48.0 Å². The van der Waals surface area contributed by atoms with Crippen LogP contribution in [0.15, 0.2) is 42.5 Å². The second kappa shape index (κ2) is 9.30. The van der Waals surface area contributed by atoms with E-state index < -0.39 is 5.91 Å². The molecule has 0 fully saturated rings. The summed E-state index contributed by atoms with van der Waals surface area (Å²) < 4.78 is 5.17. The molecule has 0 radical (unpaired) electrons. The zero-order chi connectivity index (χ0) is 21.7. The zero-order valence-corrected chi connectivity index (χ0v) is 17.2. The molecule has 2 aromatic rings. The molecule has 1 aliphatic rings. The fourth-order valence-corrected chi connectivity index (χ4v) is 3.52. The minimum absolute atomic E-state index is 0.00937. The van der Waals surface area contributed by atoms with Crippen LogP contribution < -0.4 is 25.6 Å². The van der Waals surface area contributed by atoms with Crippen molar-refractivity contribution in [3.63, 3.8) is 0 Å². The Kier molecular flexibility index (Phi) is 6.56. The van der Waals surface area contributed by atoms with Crippen molar-refractivity contribution in [2.24, 2.45) is 5.73 Å². The van der Waals surface area contributed by atoms with Crippen molar-refractivity contribution in [3.8, 4) is 5.75 Å². The summed E-state index contributed by atoms with van der Waals surface area (Å²) in [5.41, 5.74) is 8.68. The van der Waals surface area contributed by atoms with Gasteiger partial charge in [-0.05, 0) is 54.4 Å². The molecule has 1 heterocycles. The molecule has 0 aliphatic carbocycles. The third-order valence-corrected chi connectivity index (χ3v) is 5.04. The lowest BCUT2D eigenvalue weighted by molar-refractivity contribution is -0.118. The first-order valence-corrected chi connectivity index (χ1v) is 9.75. The van der Waals surface area contributed by atoms with E-state index in [2.05, 4.69) is 5.32 Å². The van der Waals surface area contributed by atoms with Crippen LogP contribution in [0.25, 0.3) is 0 Å².